The summed E-state index contributed by atoms with van der Waals surface area (Å²) < 4.78 is 1.69. The molecular formula is C13H11N3O2S. The zero-order chi connectivity index (χ0) is 13.4. The number of aromatic nitrogens is 3. The van der Waals surface area contributed by atoms with Gasteiger partial charge in [-0.15, -0.1) is 11.3 Å². The van der Waals surface area contributed by atoms with Crippen LogP contribution in [0.25, 0.3) is 16.2 Å². The Kier molecular flexibility index (Phi) is 2.79. The Hall–Kier alpha value is -2.21. The van der Waals surface area contributed by atoms with Gasteiger partial charge in [-0.2, -0.15) is 0 Å². The molecule has 0 unspecified atom stereocenters. The van der Waals surface area contributed by atoms with E-state index in [0.717, 1.165) is 17.0 Å². The lowest BCUT2D eigenvalue weighted by atomic mass is 10.3. The Morgan fingerprint density at radius 3 is 3.00 bits per heavy atom. The second-order valence-corrected chi connectivity index (χ2v) is 5.23. The number of aromatic carboxylic acids is 1. The summed E-state index contributed by atoms with van der Waals surface area (Å²) in [5.74, 6) is -1.07. The maximum atomic E-state index is 11.1. The van der Waals surface area contributed by atoms with Crippen LogP contribution in [0, 0.1) is 0 Å². The highest BCUT2D eigenvalue weighted by atomic mass is 32.1. The van der Waals surface area contributed by atoms with Crippen molar-refractivity contribution in [1.82, 2.24) is 14.4 Å². The van der Waals surface area contributed by atoms with E-state index in [9.17, 15) is 4.79 Å². The lowest BCUT2D eigenvalue weighted by Gasteiger charge is -1.95. The molecule has 1 N–H and O–H groups in total. The molecule has 3 aromatic rings. The summed E-state index contributed by atoms with van der Waals surface area (Å²) in [6.07, 6.45) is 5.98. The second kappa shape index (κ2) is 4.47. The summed E-state index contributed by atoms with van der Waals surface area (Å²) in [6, 6.07) is 4.08. The van der Waals surface area contributed by atoms with Gasteiger partial charge in [0.2, 0.25) is 0 Å². The smallest absolute Gasteiger partial charge is 0.358 e. The topological polar surface area (TPSA) is 67.5 Å². The van der Waals surface area contributed by atoms with Crippen molar-refractivity contribution >= 4 is 23.0 Å². The third kappa shape index (κ3) is 2.00. The van der Waals surface area contributed by atoms with Gasteiger partial charge in [0, 0.05) is 23.5 Å². The fraction of sp³-hybridized carbons (Fsp3) is 0.154. The third-order valence-electron chi connectivity index (χ3n) is 2.84. The number of rotatable bonds is 3. The van der Waals surface area contributed by atoms with Gasteiger partial charge < -0.3 is 9.51 Å². The third-order valence-corrected chi connectivity index (χ3v) is 4.09. The highest BCUT2D eigenvalue weighted by Gasteiger charge is 2.14. The first-order valence-corrected chi connectivity index (χ1v) is 6.66. The molecule has 0 aliphatic heterocycles. The number of hydrogen-bond acceptors (Lipinski definition) is 4. The van der Waals surface area contributed by atoms with Gasteiger partial charge in [-0.1, -0.05) is 6.92 Å². The van der Waals surface area contributed by atoms with Crippen LogP contribution in [-0.2, 0) is 6.42 Å². The first kappa shape index (κ1) is 11.9. The number of thiophene rings is 1. The highest BCUT2D eigenvalue weighted by molar-refractivity contribution is 7.15. The van der Waals surface area contributed by atoms with Crippen molar-refractivity contribution in [3.05, 3.63) is 41.3 Å². The molecule has 96 valence electrons. The number of imidazole rings is 1. The highest BCUT2D eigenvalue weighted by Crippen LogP contribution is 2.28. The van der Waals surface area contributed by atoms with E-state index in [1.165, 1.54) is 11.1 Å². The maximum Gasteiger partial charge on any atom is 0.358 e. The van der Waals surface area contributed by atoms with Gasteiger partial charge in [0.1, 0.15) is 0 Å². The molecular weight excluding hydrogens is 262 g/mol. The SMILES string of the molecule is CCc1ccc(-c2cn3ccnc(C(=O)O)c3n2)s1. The molecule has 3 aromatic heterocycles. The molecule has 0 spiro atoms. The molecule has 0 amide bonds. The van der Waals surface area contributed by atoms with Gasteiger partial charge in [-0.3, -0.25) is 0 Å². The summed E-state index contributed by atoms with van der Waals surface area (Å²) in [7, 11) is 0. The van der Waals surface area contributed by atoms with E-state index in [1.807, 2.05) is 12.3 Å². The van der Waals surface area contributed by atoms with Crippen LogP contribution in [0.15, 0.2) is 30.7 Å². The van der Waals surface area contributed by atoms with E-state index in [0.29, 0.717) is 5.65 Å². The molecule has 3 rings (SSSR count). The van der Waals surface area contributed by atoms with Crippen LogP contribution in [0.3, 0.4) is 0 Å². The molecule has 0 bridgehead atoms. The Morgan fingerprint density at radius 2 is 2.32 bits per heavy atom. The van der Waals surface area contributed by atoms with Crippen molar-refractivity contribution in [2.24, 2.45) is 0 Å². The van der Waals surface area contributed by atoms with Crippen molar-refractivity contribution in [2.45, 2.75) is 13.3 Å². The van der Waals surface area contributed by atoms with Crippen molar-refractivity contribution in [3.8, 4) is 10.6 Å². The van der Waals surface area contributed by atoms with E-state index in [1.54, 1.807) is 21.9 Å². The van der Waals surface area contributed by atoms with Crippen molar-refractivity contribution in [3.63, 3.8) is 0 Å². The molecule has 0 atom stereocenters. The van der Waals surface area contributed by atoms with Crippen molar-refractivity contribution in [1.29, 1.82) is 0 Å². The van der Waals surface area contributed by atoms with Crippen LogP contribution in [0.5, 0.6) is 0 Å². The van der Waals surface area contributed by atoms with Crippen LogP contribution >= 0.6 is 11.3 Å². The minimum absolute atomic E-state index is 0.0268. The molecule has 0 saturated carbocycles. The molecule has 0 fully saturated rings. The van der Waals surface area contributed by atoms with Gasteiger partial charge in [0.25, 0.3) is 0 Å². The number of carbonyl (C=O) groups is 1. The van der Waals surface area contributed by atoms with Crippen LogP contribution in [0.4, 0.5) is 0 Å². The first-order chi connectivity index (χ1) is 9.19. The van der Waals surface area contributed by atoms with Gasteiger partial charge >= 0.3 is 5.97 Å². The van der Waals surface area contributed by atoms with E-state index in [-0.39, 0.29) is 5.69 Å². The molecule has 19 heavy (non-hydrogen) atoms. The standard InChI is InChI=1S/C13H11N3O2S/c1-2-8-3-4-10(19-8)9-7-16-6-5-14-11(13(17)18)12(16)15-9/h3-7H,2H2,1H3,(H,17,18). The fourth-order valence-corrected chi connectivity index (χ4v) is 2.80. The van der Waals surface area contributed by atoms with E-state index >= 15 is 0 Å². The van der Waals surface area contributed by atoms with Crippen LogP contribution < -0.4 is 0 Å². The molecule has 3 heterocycles. The minimum Gasteiger partial charge on any atom is -0.476 e. The molecule has 6 heteroatoms. The monoisotopic (exact) mass is 273 g/mol. The number of hydrogen-bond donors (Lipinski definition) is 1. The Morgan fingerprint density at radius 1 is 1.47 bits per heavy atom. The predicted octanol–water partition coefficient (Wildman–Crippen LogP) is 2.72. The molecule has 0 aliphatic carbocycles. The van der Waals surface area contributed by atoms with Crippen LogP contribution in [0.2, 0.25) is 0 Å². The summed E-state index contributed by atoms with van der Waals surface area (Å²) in [4.78, 5) is 21.7. The molecule has 0 aromatic carbocycles. The van der Waals surface area contributed by atoms with Crippen molar-refractivity contribution < 1.29 is 9.90 Å². The maximum absolute atomic E-state index is 11.1. The summed E-state index contributed by atoms with van der Waals surface area (Å²) in [5.41, 5.74) is 1.12. The number of aryl methyl sites for hydroxylation is 1. The summed E-state index contributed by atoms with van der Waals surface area (Å²) >= 11 is 1.67. The molecule has 0 radical (unpaired) electrons. The number of fused-ring (bicyclic) bond motifs is 1. The van der Waals surface area contributed by atoms with Gasteiger partial charge in [0.05, 0.1) is 10.6 Å². The summed E-state index contributed by atoms with van der Waals surface area (Å²) in [5, 5.41) is 9.09. The largest absolute Gasteiger partial charge is 0.476 e. The lowest BCUT2D eigenvalue weighted by Crippen LogP contribution is -2.03. The summed E-state index contributed by atoms with van der Waals surface area (Å²) in [6.45, 7) is 2.10. The molecule has 0 aliphatic rings. The lowest BCUT2D eigenvalue weighted by molar-refractivity contribution is 0.0692. The Balaban J connectivity index is 2.16. The fourth-order valence-electron chi connectivity index (χ4n) is 1.90. The van der Waals surface area contributed by atoms with Crippen LogP contribution in [-0.4, -0.2) is 25.4 Å². The van der Waals surface area contributed by atoms with E-state index in [4.69, 9.17) is 5.11 Å². The average molecular weight is 273 g/mol. The van der Waals surface area contributed by atoms with Crippen LogP contribution in [0.1, 0.15) is 22.3 Å². The Labute approximate surface area is 113 Å². The second-order valence-electron chi connectivity index (χ2n) is 4.06. The minimum atomic E-state index is -1.07. The molecule has 5 nitrogen and oxygen atoms in total. The predicted molar refractivity (Wildman–Crippen MR) is 72.6 cm³/mol. The van der Waals surface area contributed by atoms with Gasteiger partial charge in [-0.05, 0) is 18.6 Å². The number of carboxylic acid groups (broad SMARTS) is 1. The zero-order valence-electron chi connectivity index (χ0n) is 10.2. The van der Waals surface area contributed by atoms with Crippen molar-refractivity contribution in [2.75, 3.05) is 0 Å². The van der Waals surface area contributed by atoms with Gasteiger partial charge in [0.15, 0.2) is 11.3 Å². The Bertz CT molecular complexity index is 760. The molecule has 0 saturated heterocycles. The first-order valence-electron chi connectivity index (χ1n) is 5.85. The quantitative estimate of drug-likeness (QED) is 0.796. The number of nitrogens with zero attached hydrogens (tertiary/aromatic N) is 3. The average Bonchev–Trinajstić information content (AvgIpc) is 3.03. The normalized spacial score (nSPS) is 11.0. The number of carboxylic acids is 1. The zero-order valence-corrected chi connectivity index (χ0v) is 11.0. The van der Waals surface area contributed by atoms with Gasteiger partial charge in [-0.25, -0.2) is 14.8 Å². The van der Waals surface area contributed by atoms with E-state index < -0.39 is 5.97 Å². The van der Waals surface area contributed by atoms with E-state index in [2.05, 4.69) is 23.0 Å².